The van der Waals surface area contributed by atoms with Crippen LogP contribution < -0.4 is 24.6 Å². The molecule has 3 heterocycles. The van der Waals surface area contributed by atoms with Gasteiger partial charge in [-0.2, -0.15) is 0 Å². The largest absolute Gasteiger partial charge is 0.497 e. The molecule has 3 aromatic rings. The number of anilines is 3. The predicted molar refractivity (Wildman–Crippen MR) is 146 cm³/mol. The molecule has 3 aromatic carbocycles. The third-order valence-corrected chi connectivity index (χ3v) is 7.66. The molecule has 0 bridgehead atoms. The smallest absolute Gasteiger partial charge is 0.269 e. The van der Waals surface area contributed by atoms with E-state index in [-0.39, 0.29) is 17.1 Å². The summed E-state index contributed by atoms with van der Waals surface area (Å²) < 4.78 is 10.7. The summed E-state index contributed by atoms with van der Waals surface area (Å²) in [5.41, 5.74) is 2.09. The molecule has 0 aliphatic carbocycles. The van der Waals surface area contributed by atoms with Crippen LogP contribution in [-0.4, -0.2) is 48.9 Å². The van der Waals surface area contributed by atoms with E-state index in [1.165, 1.54) is 38.5 Å². The minimum absolute atomic E-state index is 0.116. The van der Waals surface area contributed by atoms with E-state index in [2.05, 4.69) is 5.32 Å². The zero-order chi connectivity index (χ0) is 28.1. The first-order valence-corrected chi connectivity index (χ1v) is 12.5. The molecule has 40 heavy (non-hydrogen) atoms. The second-order valence-corrected chi connectivity index (χ2v) is 9.66. The number of methoxy groups -OCH3 is 2. The maximum absolute atomic E-state index is 14.1. The van der Waals surface area contributed by atoms with Gasteiger partial charge in [0.1, 0.15) is 17.5 Å². The maximum Gasteiger partial charge on any atom is 0.269 e. The van der Waals surface area contributed by atoms with Crippen LogP contribution in [0, 0.1) is 22.0 Å². The van der Waals surface area contributed by atoms with Crippen LogP contribution in [0.4, 0.5) is 22.7 Å². The van der Waals surface area contributed by atoms with E-state index in [1.807, 2.05) is 41.3 Å². The number of rotatable bonds is 6. The fraction of sp³-hybridized carbons (Fsp3) is 0.207. The van der Waals surface area contributed by atoms with Gasteiger partial charge in [-0.05, 0) is 35.9 Å². The summed E-state index contributed by atoms with van der Waals surface area (Å²) in [6.07, 6.45) is 3.76. The average Bonchev–Trinajstić information content (AvgIpc) is 3.45. The average molecular weight is 541 g/mol. The molecule has 4 atom stereocenters. The van der Waals surface area contributed by atoms with Crippen molar-refractivity contribution in [3.63, 3.8) is 0 Å². The van der Waals surface area contributed by atoms with Crippen molar-refractivity contribution in [2.45, 2.75) is 12.1 Å². The second-order valence-electron chi connectivity index (χ2n) is 9.66. The second kappa shape index (κ2) is 9.53. The zero-order valence-corrected chi connectivity index (χ0v) is 21.5. The highest BCUT2D eigenvalue weighted by Gasteiger charge is 2.64. The normalized spacial score (nSPS) is 22.4. The van der Waals surface area contributed by atoms with Gasteiger partial charge < -0.3 is 19.7 Å². The van der Waals surface area contributed by atoms with E-state index in [0.717, 1.165) is 16.2 Å². The van der Waals surface area contributed by atoms with Crippen LogP contribution in [0.2, 0.25) is 0 Å². The number of carbonyl (C=O) groups is 3. The van der Waals surface area contributed by atoms with Crippen molar-refractivity contribution in [1.29, 1.82) is 0 Å². The highest BCUT2D eigenvalue weighted by atomic mass is 16.6. The van der Waals surface area contributed by atoms with E-state index in [9.17, 15) is 24.5 Å². The molecule has 0 aromatic heterocycles. The van der Waals surface area contributed by atoms with E-state index < -0.39 is 46.6 Å². The van der Waals surface area contributed by atoms with Crippen LogP contribution in [0.3, 0.4) is 0 Å². The van der Waals surface area contributed by atoms with Gasteiger partial charge in [0.05, 0.1) is 42.7 Å². The number of nitro benzene ring substituents is 1. The predicted octanol–water partition coefficient (Wildman–Crippen LogP) is 3.64. The number of benzene rings is 3. The van der Waals surface area contributed by atoms with Gasteiger partial charge in [-0.3, -0.25) is 24.5 Å². The number of nitro groups is 1. The van der Waals surface area contributed by atoms with Gasteiger partial charge in [-0.25, -0.2) is 4.90 Å². The lowest BCUT2D eigenvalue weighted by Crippen LogP contribution is -2.50. The Labute approximate surface area is 228 Å². The Morgan fingerprint density at radius 3 is 2.35 bits per heavy atom. The lowest BCUT2D eigenvalue weighted by Gasteiger charge is -2.36. The van der Waals surface area contributed by atoms with Gasteiger partial charge in [0.15, 0.2) is 0 Å². The van der Waals surface area contributed by atoms with Crippen molar-refractivity contribution < 1.29 is 28.8 Å². The minimum atomic E-state index is -1.03. The summed E-state index contributed by atoms with van der Waals surface area (Å²) in [5.74, 6) is -2.46. The molecule has 3 aliphatic rings. The first-order chi connectivity index (χ1) is 19.3. The van der Waals surface area contributed by atoms with Crippen LogP contribution in [0.5, 0.6) is 11.5 Å². The Morgan fingerprint density at radius 1 is 0.925 bits per heavy atom. The molecule has 0 saturated carbocycles. The van der Waals surface area contributed by atoms with E-state index >= 15 is 0 Å². The fourth-order valence-electron chi connectivity index (χ4n) is 5.90. The van der Waals surface area contributed by atoms with E-state index in [4.69, 9.17) is 9.47 Å². The number of nitrogens with one attached hydrogen (secondary N) is 1. The molecule has 1 N–H and O–H groups in total. The lowest BCUT2D eigenvalue weighted by molar-refractivity contribution is -0.384. The monoisotopic (exact) mass is 540 g/mol. The summed E-state index contributed by atoms with van der Waals surface area (Å²) in [5, 5.41) is 13.9. The molecule has 0 radical (unpaired) electrons. The fourth-order valence-corrected chi connectivity index (χ4v) is 5.90. The third-order valence-electron chi connectivity index (χ3n) is 7.66. The molecule has 2 fully saturated rings. The number of para-hydroxylation sites is 1. The third kappa shape index (κ3) is 3.77. The Bertz CT molecular complexity index is 1590. The lowest BCUT2D eigenvalue weighted by atomic mass is 9.88. The maximum atomic E-state index is 14.1. The Balaban J connectivity index is 1.42. The number of nitrogens with zero attached hydrogens (tertiary/aromatic N) is 3. The van der Waals surface area contributed by atoms with Crippen LogP contribution in [0.25, 0.3) is 6.08 Å². The van der Waals surface area contributed by atoms with Crippen LogP contribution in [0.1, 0.15) is 5.56 Å². The topological polar surface area (TPSA) is 131 Å². The molecule has 0 spiro atoms. The highest BCUT2D eigenvalue weighted by molar-refractivity contribution is 6.25. The Kier molecular flexibility index (Phi) is 5.98. The molecular weight excluding hydrogens is 516 g/mol. The highest BCUT2D eigenvalue weighted by Crippen LogP contribution is 2.50. The van der Waals surface area contributed by atoms with Gasteiger partial charge >= 0.3 is 0 Å². The van der Waals surface area contributed by atoms with Crippen LogP contribution >= 0.6 is 0 Å². The molecule has 202 valence electrons. The number of carbonyl (C=O) groups excluding carboxylic acids is 3. The molecule has 0 unspecified atom stereocenters. The van der Waals surface area contributed by atoms with Crippen molar-refractivity contribution in [2.24, 2.45) is 11.8 Å². The van der Waals surface area contributed by atoms with Gasteiger partial charge in [0, 0.05) is 29.6 Å². The minimum Gasteiger partial charge on any atom is -0.497 e. The number of imide groups is 1. The van der Waals surface area contributed by atoms with E-state index in [0.29, 0.717) is 11.4 Å². The summed E-state index contributed by atoms with van der Waals surface area (Å²) in [6, 6.07) is 16.2. The number of fused-ring (bicyclic) bond motifs is 5. The SMILES string of the molecule is COc1ccc(N2C(=O)[C@@H]3[C@H](C2=O)[C@@H]2C=Cc4ccccc4N2[C@@H]3C(=O)Nc2ccc([N+](=O)[O-])cc2)c(OC)c1. The first kappa shape index (κ1) is 25.1. The Morgan fingerprint density at radius 2 is 1.65 bits per heavy atom. The molecule has 2 saturated heterocycles. The van der Waals surface area contributed by atoms with E-state index in [1.54, 1.807) is 18.2 Å². The van der Waals surface area contributed by atoms with Crippen molar-refractivity contribution >= 4 is 46.5 Å². The number of ether oxygens (including phenoxy) is 2. The quantitative estimate of drug-likeness (QED) is 0.285. The molecule has 6 rings (SSSR count). The molecule has 11 heteroatoms. The molecule has 11 nitrogen and oxygen atoms in total. The van der Waals surface area contributed by atoms with Gasteiger partial charge in [0.2, 0.25) is 17.7 Å². The summed E-state index contributed by atoms with van der Waals surface area (Å²) >= 11 is 0. The molecule has 3 amide bonds. The standard InChI is InChI=1S/C29H24N4O7/c1-39-19-12-14-21(23(15-19)40-2)32-28(35)24-22-13-7-16-5-3-4-6-20(16)31(22)26(25(24)29(32)36)27(34)30-17-8-10-18(11-9-17)33(37)38/h3-15,22,24-26H,1-2H3,(H,30,34)/t22-,24+,25+,26-/m0/s1. The molecule has 3 aliphatic heterocycles. The molecular formula is C29H24N4O7. The summed E-state index contributed by atoms with van der Waals surface area (Å²) in [4.78, 5) is 55.4. The zero-order valence-electron chi connectivity index (χ0n) is 21.5. The Hall–Kier alpha value is -5.19. The van der Waals surface area contributed by atoms with Crippen molar-refractivity contribution in [1.82, 2.24) is 0 Å². The van der Waals surface area contributed by atoms with Crippen molar-refractivity contribution in [3.05, 3.63) is 88.5 Å². The number of hydrogen-bond acceptors (Lipinski definition) is 8. The van der Waals surface area contributed by atoms with Crippen LogP contribution in [-0.2, 0) is 14.4 Å². The van der Waals surface area contributed by atoms with Gasteiger partial charge in [-0.1, -0.05) is 30.4 Å². The first-order valence-electron chi connectivity index (χ1n) is 12.5. The number of hydrogen-bond donors (Lipinski definition) is 1. The van der Waals surface area contributed by atoms with Gasteiger partial charge in [-0.15, -0.1) is 0 Å². The number of amides is 3. The summed E-state index contributed by atoms with van der Waals surface area (Å²) in [7, 11) is 2.94. The van der Waals surface area contributed by atoms with Crippen molar-refractivity contribution in [2.75, 3.05) is 29.3 Å². The van der Waals surface area contributed by atoms with Gasteiger partial charge in [0.25, 0.3) is 5.69 Å². The van der Waals surface area contributed by atoms with Crippen molar-refractivity contribution in [3.8, 4) is 11.5 Å². The number of non-ortho nitro benzene ring substituents is 1. The summed E-state index contributed by atoms with van der Waals surface area (Å²) in [6.45, 7) is 0. The van der Waals surface area contributed by atoms with Crippen LogP contribution in [0.15, 0.2) is 72.8 Å².